The molecule has 2 heterocycles. The van der Waals surface area contributed by atoms with E-state index in [9.17, 15) is 19.6 Å². The Morgan fingerprint density at radius 1 is 0.972 bits per heavy atom. The smallest absolute Gasteiger partial charge is 0.341 e. The van der Waals surface area contributed by atoms with Gasteiger partial charge in [-0.15, -0.1) is 11.3 Å². The standard InChI is InChI=1S/C26H29N3O5S2/c1-3-33-25(31)21-15-9-5-7-11-18(15)28-23(17(21)13-27)35-14-20(30)29-24-22(26(32)34-4-2)16-10-6-8-12-19(16)36-24/h3-12,14H2,1-2H3,(H,29,30). The summed E-state index contributed by atoms with van der Waals surface area (Å²) < 4.78 is 10.5. The SMILES string of the molecule is CCOC(=O)c1c(NC(=O)CSc2nc3c(c(C(=O)OCC)c2C#N)CCCC3)sc2c1CCCC2. The van der Waals surface area contributed by atoms with Crippen LogP contribution in [0.25, 0.3) is 0 Å². The zero-order chi connectivity index (χ0) is 25.7. The van der Waals surface area contributed by atoms with Gasteiger partial charge in [0.15, 0.2) is 0 Å². The number of anilines is 1. The minimum atomic E-state index is -0.524. The van der Waals surface area contributed by atoms with Gasteiger partial charge in [-0.3, -0.25) is 4.79 Å². The van der Waals surface area contributed by atoms with E-state index >= 15 is 0 Å². The van der Waals surface area contributed by atoms with Crippen LogP contribution in [0.4, 0.5) is 5.00 Å². The first kappa shape index (κ1) is 26.2. The molecule has 2 aromatic heterocycles. The van der Waals surface area contributed by atoms with E-state index in [-0.39, 0.29) is 36.0 Å². The Morgan fingerprint density at radius 2 is 1.61 bits per heavy atom. The van der Waals surface area contributed by atoms with Crippen molar-refractivity contribution in [1.29, 1.82) is 5.26 Å². The number of aryl methyl sites for hydroxylation is 2. The number of pyridine rings is 1. The third-order valence-corrected chi connectivity index (χ3v) is 8.46. The monoisotopic (exact) mass is 527 g/mol. The minimum Gasteiger partial charge on any atom is -0.462 e. The molecule has 2 aliphatic carbocycles. The number of hydrogen-bond acceptors (Lipinski definition) is 9. The lowest BCUT2D eigenvalue weighted by Gasteiger charge is -2.20. The number of hydrogen-bond donors (Lipinski definition) is 1. The highest BCUT2D eigenvalue weighted by atomic mass is 32.2. The number of thiophene rings is 1. The van der Waals surface area contributed by atoms with Gasteiger partial charge in [0, 0.05) is 10.6 Å². The van der Waals surface area contributed by atoms with Gasteiger partial charge in [0.05, 0.1) is 35.7 Å². The summed E-state index contributed by atoms with van der Waals surface area (Å²) in [5.41, 5.74) is 3.46. The molecular formula is C26H29N3O5S2. The number of aromatic nitrogens is 1. The molecule has 0 aromatic carbocycles. The molecule has 2 aliphatic rings. The molecule has 0 aliphatic heterocycles. The summed E-state index contributed by atoms with van der Waals surface area (Å²) in [6.45, 7) is 3.95. The van der Waals surface area contributed by atoms with Crippen LogP contribution in [0.15, 0.2) is 5.03 Å². The molecule has 2 aromatic rings. The Morgan fingerprint density at radius 3 is 2.31 bits per heavy atom. The molecule has 0 fully saturated rings. The summed E-state index contributed by atoms with van der Waals surface area (Å²) in [7, 11) is 0. The number of nitrogens with zero attached hydrogens (tertiary/aromatic N) is 2. The molecule has 0 unspecified atom stereocenters. The van der Waals surface area contributed by atoms with Gasteiger partial charge in [-0.1, -0.05) is 11.8 Å². The minimum absolute atomic E-state index is 0.0203. The first-order valence-corrected chi connectivity index (χ1v) is 14.2. The fourth-order valence-corrected chi connectivity index (χ4v) is 6.83. The van der Waals surface area contributed by atoms with Crippen molar-refractivity contribution in [3.8, 4) is 6.07 Å². The Kier molecular flexibility index (Phi) is 8.64. The summed E-state index contributed by atoms with van der Waals surface area (Å²) in [4.78, 5) is 44.2. The first-order chi connectivity index (χ1) is 17.5. The van der Waals surface area contributed by atoms with Crippen LogP contribution in [0.3, 0.4) is 0 Å². The fraction of sp³-hybridized carbons (Fsp3) is 0.500. The van der Waals surface area contributed by atoms with E-state index in [0.717, 1.165) is 78.4 Å². The second kappa shape index (κ2) is 11.9. The number of carbonyl (C=O) groups is 3. The molecule has 0 bridgehead atoms. The fourth-order valence-electron chi connectivity index (χ4n) is 4.72. The third-order valence-electron chi connectivity index (χ3n) is 6.28. The van der Waals surface area contributed by atoms with Gasteiger partial charge in [0.1, 0.15) is 16.1 Å². The number of amides is 1. The van der Waals surface area contributed by atoms with E-state index < -0.39 is 11.9 Å². The van der Waals surface area contributed by atoms with E-state index in [0.29, 0.717) is 22.0 Å². The summed E-state index contributed by atoms with van der Waals surface area (Å²) >= 11 is 2.55. The van der Waals surface area contributed by atoms with E-state index in [4.69, 9.17) is 9.47 Å². The highest BCUT2D eigenvalue weighted by Gasteiger charge is 2.29. The van der Waals surface area contributed by atoms with Gasteiger partial charge >= 0.3 is 11.9 Å². The highest BCUT2D eigenvalue weighted by molar-refractivity contribution is 8.00. The summed E-state index contributed by atoms with van der Waals surface area (Å²) in [5.74, 6) is -1.27. The van der Waals surface area contributed by atoms with Crippen LogP contribution < -0.4 is 5.32 Å². The van der Waals surface area contributed by atoms with Crippen molar-refractivity contribution in [2.24, 2.45) is 0 Å². The average molecular weight is 528 g/mol. The summed E-state index contributed by atoms with van der Waals surface area (Å²) in [5, 5.41) is 13.7. The molecule has 1 N–H and O–H groups in total. The Balaban J connectivity index is 1.57. The molecule has 0 saturated carbocycles. The predicted octanol–water partition coefficient (Wildman–Crippen LogP) is 4.86. The summed E-state index contributed by atoms with van der Waals surface area (Å²) in [6.07, 6.45) is 7.02. The number of thioether (sulfide) groups is 1. The van der Waals surface area contributed by atoms with E-state index in [2.05, 4.69) is 16.4 Å². The normalized spacial score (nSPS) is 14.2. The van der Waals surface area contributed by atoms with E-state index in [1.165, 1.54) is 11.3 Å². The number of nitrogens with one attached hydrogen (secondary N) is 1. The molecule has 1 amide bonds. The van der Waals surface area contributed by atoms with E-state index in [1.54, 1.807) is 13.8 Å². The Hall–Kier alpha value is -2.90. The molecule has 0 radical (unpaired) electrons. The number of rotatable bonds is 8. The Labute approximate surface area is 218 Å². The quantitative estimate of drug-likeness (QED) is 0.382. The predicted molar refractivity (Wildman–Crippen MR) is 138 cm³/mol. The van der Waals surface area contributed by atoms with Crippen molar-refractivity contribution in [1.82, 2.24) is 4.98 Å². The van der Waals surface area contributed by atoms with E-state index in [1.807, 2.05) is 0 Å². The number of ether oxygens (including phenoxy) is 2. The van der Waals surface area contributed by atoms with Crippen LogP contribution in [-0.4, -0.2) is 41.8 Å². The molecule has 10 heteroatoms. The van der Waals surface area contributed by atoms with Gasteiger partial charge in [-0.25, -0.2) is 14.6 Å². The van der Waals surface area contributed by atoms with Crippen molar-refractivity contribution in [2.75, 3.05) is 24.3 Å². The molecule has 4 rings (SSSR count). The van der Waals surface area contributed by atoms with Gasteiger partial charge in [0.2, 0.25) is 5.91 Å². The number of esters is 2. The van der Waals surface area contributed by atoms with Crippen LogP contribution in [0.1, 0.15) is 87.5 Å². The van der Waals surface area contributed by atoms with Crippen molar-refractivity contribution in [3.05, 3.63) is 38.4 Å². The third kappa shape index (κ3) is 5.42. The first-order valence-electron chi connectivity index (χ1n) is 12.4. The van der Waals surface area contributed by atoms with Crippen LogP contribution in [0, 0.1) is 11.3 Å². The molecule has 8 nitrogen and oxygen atoms in total. The molecule has 36 heavy (non-hydrogen) atoms. The molecule has 0 saturated heterocycles. The second-order valence-electron chi connectivity index (χ2n) is 8.60. The van der Waals surface area contributed by atoms with Gasteiger partial charge in [-0.05, 0) is 76.3 Å². The lowest BCUT2D eigenvalue weighted by atomic mass is 9.90. The number of carbonyl (C=O) groups excluding carboxylic acids is 3. The van der Waals surface area contributed by atoms with Crippen LogP contribution in [-0.2, 0) is 40.0 Å². The van der Waals surface area contributed by atoms with Crippen molar-refractivity contribution < 1.29 is 23.9 Å². The maximum atomic E-state index is 13.0. The maximum absolute atomic E-state index is 13.0. The van der Waals surface area contributed by atoms with Gasteiger partial charge < -0.3 is 14.8 Å². The van der Waals surface area contributed by atoms with Crippen molar-refractivity contribution in [3.63, 3.8) is 0 Å². The zero-order valence-electron chi connectivity index (χ0n) is 20.5. The lowest BCUT2D eigenvalue weighted by molar-refractivity contribution is -0.113. The van der Waals surface area contributed by atoms with Gasteiger partial charge in [0.25, 0.3) is 0 Å². The maximum Gasteiger partial charge on any atom is 0.341 e. The molecule has 0 spiro atoms. The largest absolute Gasteiger partial charge is 0.462 e. The van der Waals surface area contributed by atoms with Gasteiger partial charge in [-0.2, -0.15) is 5.26 Å². The van der Waals surface area contributed by atoms with Crippen LogP contribution in [0.5, 0.6) is 0 Å². The molecule has 0 atom stereocenters. The molecular weight excluding hydrogens is 498 g/mol. The average Bonchev–Trinajstić information content (AvgIpc) is 3.24. The van der Waals surface area contributed by atoms with Crippen molar-refractivity contribution in [2.45, 2.75) is 70.2 Å². The number of nitriles is 1. The Bertz CT molecular complexity index is 1230. The zero-order valence-corrected chi connectivity index (χ0v) is 22.2. The van der Waals surface area contributed by atoms with Crippen molar-refractivity contribution >= 4 is 45.9 Å². The van der Waals surface area contributed by atoms with Crippen LogP contribution in [0.2, 0.25) is 0 Å². The second-order valence-corrected chi connectivity index (χ2v) is 10.7. The molecule has 190 valence electrons. The lowest BCUT2D eigenvalue weighted by Crippen LogP contribution is -2.19. The summed E-state index contributed by atoms with van der Waals surface area (Å²) in [6, 6.07) is 2.12. The number of fused-ring (bicyclic) bond motifs is 2. The topological polar surface area (TPSA) is 118 Å². The highest BCUT2D eigenvalue weighted by Crippen LogP contribution is 2.39. The van der Waals surface area contributed by atoms with Crippen LogP contribution >= 0.6 is 23.1 Å².